The Balaban J connectivity index is 0.00000320. The van der Waals surface area contributed by atoms with Gasteiger partial charge in [-0.25, -0.2) is 4.98 Å². The molecule has 8 heteroatoms. The molecule has 0 spiro atoms. The van der Waals surface area contributed by atoms with Crippen LogP contribution in [0.2, 0.25) is 0 Å². The molecule has 162 valence electrons. The third-order valence-electron chi connectivity index (χ3n) is 4.64. The van der Waals surface area contributed by atoms with E-state index in [0.29, 0.717) is 37.2 Å². The number of halogens is 1. The number of aryl methyl sites for hydroxylation is 1. The lowest BCUT2D eigenvalue weighted by Gasteiger charge is -2.14. The molecule has 3 N–H and O–H groups in total. The normalized spacial score (nSPS) is 13.2. The largest absolute Gasteiger partial charge is 0.493 e. The molecule has 7 nitrogen and oxygen atoms in total. The van der Waals surface area contributed by atoms with Crippen molar-refractivity contribution in [2.75, 3.05) is 25.5 Å². The molecule has 1 fully saturated rings. The van der Waals surface area contributed by atoms with E-state index in [-0.39, 0.29) is 29.9 Å². The molecule has 1 heterocycles. The van der Waals surface area contributed by atoms with Gasteiger partial charge in [-0.15, -0.1) is 24.0 Å². The second-order valence-corrected chi connectivity index (χ2v) is 7.23. The van der Waals surface area contributed by atoms with E-state index in [4.69, 9.17) is 4.74 Å². The van der Waals surface area contributed by atoms with Crippen molar-refractivity contribution >= 4 is 41.7 Å². The van der Waals surface area contributed by atoms with E-state index < -0.39 is 0 Å². The van der Waals surface area contributed by atoms with E-state index in [0.717, 1.165) is 23.5 Å². The van der Waals surface area contributed by atoms with Gasteiger partial charge in [0, 0.05) is 38.3 Å². The zero-order chi connectivity index (χ0) is 20.5. The number of carbonyl (C=O) groups excluding carboxylic acids is 1. The first-order valence-corrected chi connectivity index (χ1v) is 10.0. The summed E-state index contributed by atoms with van der Waals surface area (Å²) in [5, 5.41) is 9.22. The average Bonchev–Trinajstić information content (AvgIpc) is 3.56. The number of benzene rings is 1. The highest BCUT2D eigenvalue weighted by atomic mass is 127. The Labute approximate surface area is 195 Å². The lowest BCUT2D eigenvalue weighted by Crippen LogP contribution is -2.38. The quantitative estimate of drug-likeness (QED) is 0.266. The first-order valence-electron chi connectivity index (χ1n) is 10.0. The second-order valence-electron chi connectivity index (χ2n) is 7.23. The van der Waals surface area contributed by atoms with Crippen LogP contribution < -0.4 is 20.7 Å². The standard InChI is InChI=1S/C22H29N5O2.HI/c1-16-7-10-20(25-13-16)27-21(28)11-12-24-22(23-2)26-14-18-5-3-4-6-19(18)29-15-17-8-9-17;/h3-7,10,13,17H,8-9,11-12,14-15H2,1-2H3,(H2,23,24,26)(H,25,27,28);1H. The van der Waals surface area contributed by atoms with Crippen LogP contribution in [0.5, 0.6) is 5.75 Å². The second kappa shape index (κ2) is 12.4. The van der Waals surface area contributed by atoms with Gasteiger partial charge in [0.05, 0.1) is 6.61 Å². The zero-order valence-corrected chi connectivity index (χ0v) is 19.8. The summed E-state index contributed by atoms with van der Waals surface area (Å²) in [7, 11) is 1.71. The monoisotopic (exact) mass is 523 g/mol. The van der Waals surface area contributed by atoms with Gasteiger partial charge in [0.2, 0.25) is 5.91 Å². The predicted octanol–water partition coefficient (Wildman–Crippen LogP) is 3.49. The number of hydrogen-bond donors (Lipinski definition) is 3. The van der Waals surface area contributed by atoms with Gasteiger partial charge in [0.15, 0.2) is 5.96 Å². The predicted molar refractivity (Wildman–Crippen MR) is 130 cm³/mol. The van der Waals surface area contributed by atoms with Crippen LogP contribution in [0.15, 0.2) is 47.6 Å². The highest BCUT2D eigenvalue weighted by molar-refractivity contribution is 14.0. The maximum atomic E-state index is 12.1. The number of para-hydroxylation sites is 1. The molecule has 2 aromatic rings. The number of ether oxygens (including phenoxy) is 1. The number of nitrogens with one attached hydrogen (secondary N) is 3. The molecule has 0 atom stereocenters. The molecule has 3 rings (SSSR count). The molecule has 0 radical (unpaired) electrons. The van der Waals surface area contributed by atoms with E-state index in [1.807, 2.05) is 37.3 Å². The molecule has 0 bridgehead atoms. The number of aromatic nitrogens is 1. The number of amides is 1. The van der Waals surface area contributed by atoms with Crippen molar-refractivity contribution in [3.8, 4) is 5.75 Å². The van der Waals surface area contributed by atoms with Crippen LogP contribution >= 0.6 is 24.0 Å². The molecule has 30 heavy (non-hydrogen) atoms. The smallest absolute Gasteiger partial charge is 0.227 e. The molecule has 1 saturated carbocycles. The first kappa shape index (κ1) is 23.9. The van der Waals surface area contributed by atoms with Crippen LogP contribution in [0.1, 0.15) is 30.4 Å². The van der Waals surface area contributed by atoms with Crippen molar-refractivity contribution in [2.45, 2.75) is 32.7 Å². The lowest BCUT2D eigenvalue weighted by molar-refractivity contribution is -0.116. The number of guanidine groups is 1. The minimum atomic E-state index is -0.0943. The molecule has 1 aromatic heterocycles. The van der Waals surface area contributed by atoms with Gasteiger partial charge in [0.1, 0.15) is 11.6 Å². The van der Waals surface area contributed by atoms with Crippen LogP contribution in [0.3, 0.4) is 0 Å². The van der Waals surface area contributed by atoms with Crippen molar-refractivity contribution < 1.29 is 9.53 Å². The summed E-state index contributed by atoms with van der Waals surface area (Å²) in [6.45, 7) is 3.81. The average molecular weight is 523 g/mol. The third kappa shape index (κ3) is 8.17. The van der Waals surface area contributed by atoms with Gasteiger partial charge >= 0.3 is 0 Å². The minimum absolute atomic E-state index is 0. The van der Waals surface area contributed by atoms with E-state index in [1.54, 1.807) is 19.3 Å². The number of aliphatic imine (C=N–C) groups is 1. The minimum Gasteiger partial charge on any atom is -0.493 e. The van der Waals surface area contributed by atoms with E-state index in [1.165, 1.54) is 12.8 Å². The molecule has 1 aliphatic carbocycles. The SMILES string of the molecule is CN=C(NCCC(=O)Nc1ccc(C)cn1)NCc1ccccc1OCC1CC1.I. The van der Waals surface area contributed by atoms with Gasteiger partial charge < -0.3 is 20.7 Å². The third-order valence-corrected chi connectivity index (χ3v) is 4.64. The fraction of sp³-hybridized carbons (Fsp3) is 0.409. The van der Waals surface area contributed by atoms with Crippen LogP contribution in [-0.4, -0.2) is 37.1 Å². The Hall–Kier alpha value is -2.36. The maximum Gasteiger partial charge on any atom is 0.227 e. The molecule has 1 aromatic carbocycles. The fourth-order valence-electron chi connectivity index (χ4n) is 2.72. The summed E-state index contributed by atoms with van der Waals surface area (Å²) in [6, 6.07) is 11.7. The summed E-state index contributed by atoms with van der Waals surface area (Å²) in [5.74, 6) is 2.73. The molecular weight excluding hydrogens is 493 g/mol. The van der Waals surface area contributed by atoms with Crippen molar-refractivity contribution in [3.63, 3.8) is 0 Å². The van der Waals surface area contributed by atoms with Crippen LogP contribution in [0, 0.1) is 12.8 Å². The molecule has 0 unspecified atom stereocenters. The van der Waals surface area contributed by atoms with Gasteiger partial charge in [-0.1, -0.05) is 24.3 Å². The molecule has 0 aliphatic heterocycles. The van der Waals surface area contributed by atoms with E-state index in [9.17, 15) is 4.79 Å². The van der Waals surface area contributed by atoms with Crippen LogP contribution in [0.25, 0.3) is 0 Å². The summed E-state index contributed by atoms with van der Waals surface area (Å²) < 4.78 is 5.94. The van der Waals surface area contributed by atoms with Crippen molar-refractivity contribution in [2.24, 2.45) is 10.9 Å². The number of carbonyl (C=O) groups is 1. The Morgan fingerprint density at radius 1 is 1.20 bits per heavy atom. The Morgan fingerprint density at radius 2 is 2.00 bits per heavy atom. The molecule has 1 aliphatic rings. The van der Waals surface area contributed by atoms with Crippen molar-refractivity contribution in [1.82, 2.24) is 15.6 Å². The summed E-state index contributed by atoms with van der Waals surface area (Å²) >= 11 is 0. The highest BCUT2D eigenvalue weighted by Crippen LogP contribution is 2.30. The van der Waals surface area contributed by atoms with Crippen LogP contribution in [-0.2, 0) is 11.3 Å². The zero-order valence-electron chi connectivity index (χ0n) is 17.5. The van der Waals surface area contributed by atoms with E-state index >= 15 is 0 Å². The number of nitrogens with zero attached hydrogens (tertiary/aromatic N) is 2. The molecule has 1 amide bonds. The number of rotatable bonds is 9. The highest BCUT2D eigenvalue weighted by Gasteiger charge is 2.22. The van der Waals surface area contributed by atoms with Crippen molar-refractivity contribution in [3.05, 3.63) is 53.7 Å². The fourth-order valence-corrected chi connectivity index (χ4v) is 2.72. The van der Waals surface area contributed by atoms with E-state index in [2.05, 4.69) is 25.9 Å². The Kier molecular flexibility index (Phi) is 9.85. The number of hydrogen-bond acceptors (Lipinski definition) is 4. The van der Waals surface area contributed by atoms with Crippen LogP contribution in [0.4, 0.5) is 5.82 Å². The molecule has 0 saturated heterocycles. The number of anilines is 1. The lowest BCUT2D eigenvalue weighted by atomic mass is 10.2. The first-order chi connectivity index (χ1) is 14.1. The topological polar surface area (TPSA) is 87.6 Å². The maximum absolute atomic E-state index is 12.1. The Bertz CT molecular complexity index is 838. The van der Waals surface area contributed by atoms with Gasteiger partial charge in [0.25, 0.3) is 0 Å². The molecular formula is C22H30IN5O2. The number of pyridine rings is 1. The summed E-state index contributed by atoms with van der Waals surface area (Å²) in [6.07, 6.45) is 4.58. The van der Waals surface area contributed by atoms with Gasteiger partial charge in [-0.2, -0.15) is 0 Å². The van der Waals surface area contributed by atoms with Gasteiger partial charge in [-0.05, 0) is 43.4 Å². The summed E-state index contributed by atoms with van der Waals surface area (Å²) in [5.41, 5.74) is 2.14. The Morgan fingerprint density at radius 3 is 2.70 bits per heavy atom. The van der Waals surface area contributed by atoms with Crippen molar-refractivity contribution in [1.29, 1.82) is 0 Å². The summed E-state index contributed by atoms with van der Waals surface area (Å²) in [4.78, 5) is 20.5. The van der Waals surface area contributed by atoms with Gasteiger partial charge in [-0.3, -0.25) is 9.79 Å².